The summed E-state index contributed by atoms with van der Waals surface area (Å²) in [6.07, 6.45) is 0.891. The van der Waals surface area contributed by atoms with Crippen molar-refractivity contribution < 1.29 is 8.78 Å². The molecule has 0 heterocycles. The minimum absolute atomic E-state index is 0.598. The van der Waals surface area contributed by atoms with Gasteiger partial charge in [-0.1, -0.05) is 0 Å². The molecule has 4 heteroatoms. The molecule has 1 aromatic carbocycles. The first kappa shape index (κ1) is 10.3. The molecule has 0 amide bonds. The normalized spacial score (nSPS) is 10.1. The van der Waals surface area contributed by atoms with Gasteiger partial charge in [0.05, 0.1) is 0 Å². The Balaban J connectivity index is 2.53. The van der Waals surface area contributed by atoms with Crippen LogP contribution in [-0.2, 0) is 0 Å². The summed E-state index contributed by atoms with van der Waals surface area (Å²) in [7, 11) is 0. The molecular weight excluding hydrogens is 192 g/mol. The maximum atomic E-state index is 12.7. The number of nitrogens with one attached hydrogen (secondary N) is 1. The lowest BCUT2D eigenvalue weighted by atomic mass is 10.3. The third-order valence-electron chi connectivity index (χ3n) is 1.58. The van der Waals surface area contributed by atoms with Gasteiger partial charge in [0, 0.05) is 12.2 Å². The van der Waals surface area contributed by atoms with Crippen LogP contribution in [0, 0.1) is 11.6 Å². The van der Waals surface area contributed by atoms with E-state index in [2.05, 4.69) is 17.9 Å². The number of benzene rings is 1. The zero-order chi connectivity index (χ0) is 9.68. The third kappa shape index (κ3) is 3.22. The Morgan fingerprint density at radius 1 is 1.23 bits per heavy atom. The van der Waals surface area contributed by atoms with Crippen molar-refractivity contribution >= 4 is 18.3 Å². The van der Waals surface area contributed by atoms with Gasteiger partial charge in [-0.05, 0) is 30.4 Å². The van der Waals surface area contributed by atoms with Crippen LogP contribution in [0.4, 0.5) is 14.5 Å². The van der Waals surface area contributed by atoms with Crippen molar-refractivity contribution in [1.82, 2.24) is 0 Å². The van der Waals surface area contributed by atoms with Crippen molar-refractivity contribution in [1.29, 1.82) is 0 Å². The van der Waals surface area contributed by atoms with Crippen LogP contribution in [0.3, 0.4) is 0 Å². The fourth-order valence-electron chi connectivity index (χ4n) is 0.918. The molecular formula is C9H11F2NS. The summed E-state index contributed by atoms with van der Waals surface area (Å²) >= 11 is 4.03. The lowest BCUT2D eigenvalue weighted by Crippen LogP contribution is -2.02. The van der Waals surface area contributed by atoms with Crippen LogP contribution < -0.4 is 5.32 Å². The average Bonchev–Trinajstić information content (AvgIpc) is 2.12. The molecule has 0 aliphatic heterocycles. The van der Waals surface area contributed by atoms with E-state index >= 15 is 0 Å². The van der Waals surface area contributed by atoms with Gasteiger partial charge in [-0.3, -0.25) is 0 Å². The molecule has 0 aromatic heterocycles. The van der Waals surface area contributed by atoms with Gasteiger partial charge in [0.15, 0.2) is 11.6 Å². The number of hydrogen-bond acceptors (Lipinski definition) is 2. The van der Waals surface area contributed by atoms with E-state index in [1.807, 2.05) is 0 Å². The van der Waals surface area contributed by atoms with Crippen molar-refractivity contribution in [2.24, 2.45) is 0 Å². The second-order valence-corrected chi connectivity index (χ2v) is 3.08. The van der Waals surface area contributed by atoms with Gasteiger partial charge in [0.1, 0.15) is 0 Å². The summed E-state index contributed by atoms with van der Waals surface area (Å²) in [5.74, 6) is -0.868. The first-order valence-electron chi connectivity index (χ1n) is 4.04. The van der Waals surface area contributed by atoms with E-state index in [1.165, 1.54) is 6.07 Å². The molecule has 0 aliphatic rings. The molecule has 0 saturated heterocycles. The molecule has 13 heavy (non-hydrogen) atoms. The topological polar surface area (TPSA) is 12.0 Å². The molecule has 0 fully saturated rings. The highest BCUT2D eigenvalue weighted by molar-refractivity contribution is 7.80. The molecule has 0 bridgehead atoms. The predicted octanol–water partition coefficient (Wildman–Crippen LogP) is 2.70. The van der Waals surface area contributed by atoms with Gasteiger partial charge in [-0.2, -0.15) is 12.6 Å². The number of anilines is 1. The van der Waals surface area contributed by atoms with Crippen LogP contribution in [0.5, 0.6) is 0 Å². The molecule has 1 rings (SSSR count). The molecule has 0 aliphatic carbocycles. The maximum Gasteiger partial charge on any atom is 0.160 e. The Kier molecular flexibility index (Phi) is 4.02. The molecule has 72 valence electrons. The number of halogens is 2. The molecule has 0 spiro atoms. The zero-order valence-corrected chi connectivity index (χ0v) is 7.95. The van der Waals surface area contributed by atoms with Crippen LogP contribution in [0.25, 0.3) is 0 Å². The van der Waals surface area contributed by atoms with E-state index in [0.29, 0.717) is 12.2 Å². The maximum absolute atomic E-state index is 12.7. The van der Waals surface area contributed by atoms with Gasteiger partial charge < -0.3 is 5.32 Å². The molecule has 1 N–H and O–H groups in total. The summed E-state index contributed by atoms with van der Waals surface area (Å²) in [5.41, 5.74) is 0.598. The minimum Gasteiger partial charge on any atom is -0.385 e. The van der Waals surface area contributed by atoms with Crippen LogP contribution in [0.1, 0.15) is 6.42 Å². The van der Waals surface area contributed by atoms with Gasteiger partial charge in [0.2, 0.25) is 0 Å². The average molecular weight is 203 g/mol. The predicted molar refractivity (Wildman–Crippen MR) is 53.3 cm³/mol. The van der Waals surface area contributed by atoms with Crippen LogP contribution in [-0.4, -0.2) is 12.3 Å². The summed E-state index contributed by atoms with van der Waals surface area (Å²) in [4.78, 5) is 0. The summed E-state index contributed by atoms with van der Waals surface area (Å²) in [6.45, 7) is 0.717. The third-order valence-corrected chi connectivity index (χ3v) is 1.90. The molecule has 1 aromatic rings. The quantitative estimate of drug-likeness (QED) is 0.566. The van der Waals surface area contributed by atoms with Crippen LogP contribution in [0.2, 0.25) is 0 Å². The van der Waals surface area contributed by atoms with E-state index in [1.54, 1.807) is 0 Å². The van der Waals surface area contributed by atoms with Crippen molar-refractivity contribution in [2.75, 3.05) is 17.6 Å². The first-order chi connectivity index (χ1) is 6.24. The van der Waals surface area contributed by atoms with E-state index in [-0.39, 0.29) is 0 Å². The second kappa shape index (κ2) is 5.07. The SMILES string of the molecule is Fc1ccc(NCCCS)cc1F. The largest absolute Gasteiger partial charge is 0.385 e. The standard InChI is InChI=1S/C9H11F2NS/c10-8-3-2-7(6-9(8)11)12-4-1-5-13/h2-3,6,12-13H,1,4-5H2. The van der Waals surface area contributed by atoms with E-state index in [9.17, 15) is 8.78 Å². The Morgan fingerprint density at radius 3 is 2.62 bits per heavy atom. The Hall–Kier alpha value is -0.770. The highest BCUT2D eigenvalue weighted by Crippen LogP contribution is 2.12. The van der Waals surface area contributed by atoms with Crippen LogP contribution in [0.15, 0.2) is 18.2 Å². The highest BCUT2D eigenvalue weighted by Gasteiger charge is 2.00. The van der Waals surface area contributed by atoms with Crippen molar-refractivity contribution in [3.8, 4) is 0 Å². The highest BCUT2D eigenvalue weighted by atomic mass is 32.1. The van der Waals surface area contributed by atoms with Crippen molar-refractivity contribution in [2.45, 2.75) is 6.42 Å². The first-order valence-corrected chi connectivity index (χ1v) is 4.67. The summed E-state index contributed by atoms with van der Waals surface area (Å²) in [6, 6.07) is 3.77. The van der Waals surface area contributed by atoms with E-state index in [4.69, 9.17) is 0 Å². The van der Waals surface area contributed by atoms with Gasteiger partial charge >= 0.3 is 0 Å². The van der Waals surface area contributed by atoms with E-state index < -0.39 is 11.6 Å². The number of hydrogen-bond donors (Lipinski definition) is 2. The Bertz CT molecular complexity index is 278. The Labute approximate surface area is 81.6 Å². The van der Waals surface area contributed by atoms with Gasteiger partial charge in [-0.25, -0.2) is 8.78 Å². The lowest BCUT2D eigenvalue weighted by Gasteiger charge is -2.04. The van der Waals surface area contributed by atoms with Crippen LogP contribution >= 0.6 is 12.6 Å². The molecule has 1 nitrogen and oxygen atoms in total. The lowest BCUT2D eigenvalue weighted by molar-refractivity contribution is 0.509. The summed E-state index contributed by atoms with van der Waals surface area (Å²) < 4.78 is 25.1. The van der Waals surface area contributed by atoms with Gasteiger partial charge in [-0.15, -0.1) is 0 Å². The molecule has 0 unspecified atom stereocenters. The second-order valence-electron chi connectivity index (χ2n) is 2.63. The van der Waals surface area contributed by atoms with Crippen molar-refractivity contribution in [3.05, 3.63) is 29.8 Å². The fraction of sp³-hybridized carbons (Fsp3) is 0.333. The smallest absolute Gasteiger partial charge is 0.160 e. The molecule has 0 saturated carbocycles. The Morgan fingerprint density at radius 2 is 2.00 bits per heavy atom. The minimum atomic E-state index is -0.823. The fourth-order valence-corrected chi connectivity index (χ4v) is 1.08. The monoisotopic (exact) mass is 203 g/mol. The van der Waals surface area contributed by atoms with Crippen molar-refractivity contribution in [3.63, 3.8) is 0 Å². The molecule has 0 radical (unpaired) electrons. The van der Waals surface area contributed by atoms with E-state index in [0.717, 1.165) is 24.3 Å². The zero-order valence-electron chi connectivity index (χ0n) is 7.06. The number of rotatable bonds is 4. The van der Waals surface area contributed by atoms with Gasteiger partial charge in [0.25, 0.3) is 0 Å². The molecule has 0 atom stereocenters. The number of thiol groups is 1. The summed E-state index contributed by atoms with van der Waals surface area (Å²) in [5, 5.41) is 2.96.